The molecule has 0 unspecified atom stereocenters. The number of amidine groups is 2. The number of rotatable bonds is 6. The second-order valence-corrected chi connectivity index (χ2v) is 9.04. The van der Waals surface area contributed by atoms with Gasteiger partial charge in [-0.2, -0.15) is 10.2 Å². The van der Waals surface area contributed by atoms with E-state index in [1.807, 2.05) is 101 Å². The van der Waals surface area contributed by atoms with E-state index in [-0.39, 0.29) is 17.1 Å². The molecule has 0 atom stereocenters. The number of nitrogens with zero attached hydrogens (tertiary/aromatic N) is 10. The molecule has 0 aromatic carbocycles. The zero-order chi connectivity index (χ0) is 28.7. The van der Waals surface area contributed by atoms with Crippen LogP contribution in [0.25, 0.3) is 0 Å². The van der Waals surface area contributed by atoms with E-state index in [1.54, 1.807) is 34.6 Å². The van der Waals surface area contributed by atoms with Gasteiger partial charge in [-0.1, -0.05) is 24.3 Å². The average molecular weight is 625 g/mol. The molecule has 0 radical (unpaired) electrons. The molecule has 0 saturated carbocycles. The molecule has 0 spiro atoms. The molecule has 0 aliphatic heterocycles. The fourth-order valence-corrected chi connectivity index (χ4v) is 2.92. The van der Waals surface area contributed by atoms with E-state index in [1.165, 1.54) is 0 Å². The van der Waals surface area contributed by atoms with E-state index in [0.717, 1.165) is 0 Å². The molecule has 13 heteroatoms. The fraction of sp³-hybridized carbons (Fsp3) is 0.143. The van der Waals surface area contributed by atoms with Gasteiger partial charge in [0.2, 0.25) is 0 Å². The van der Waals surface area contributed by atoms with Crippen LogP contribution in [0.4, 0.5) is 0 Å². The topological polar surface area (TPSA) is 107 Å². The Bertz CT molecular complexity index is 1250. The Labute approximate surface area is 261 Å². The molecule has 41 heavy (non-hydrogen) atoms. The Morgan fingerprint density at radius 2 is 0.756 bits per heavy atom. The minimum atomic E-state index is 0. The molecule has 0 fully saturated rings. The molecule has 4 aromatic rings. The van der Waals surface area contributed by atoms with Crippen molar-refractivity contribution in [1.29, 1.82) is 0 Å². The predicted octanol–water partition coefficient (Wildman–Crippen LogP) is 3.38. The van der Waals surface area contributed by atoms with Gasteiger partial charge < -0.3 is 35.1 Å². The summed E-state index contributed by atoms with van der Waals surface area (Å²) in [5, 5.41) is 17.3. The normalized spacial score (nSPS) is 10.7. The largest absolute Gasteiger partial charge is 2.00 e. The quantitative estimate of drug-likeness (QED) is 0.106. The van der Waals surface area contributed by atoms with Crippen LogP contribution >= 0.6 is 0 Å². The predicted molar refractivity (Wildman–Crippen MR) is 165 cm³/mol. The number of hydrogen-bond donors (Lipinski definition) is 0. The minimum Gasteiger partial charge on any atom is -0.741 e. The van der Waals surface area contributed by atoms with Gasteiger partial charge >= 0.3 is 17.1 Å². The Morgan fingerprint density at radius 3 is 0.951 bits per heavy atom. The summed E-state index contributed by atoms with van der Waals surface area (Å²) in [5.74, 6) is 0. The van der Waals surface area contributed by atoms with E-state index in [4.69, 9.17) is 25.3 Å². The van der Waals surface area contributed by atoms with Gasteiger partial charge in [-0.15, -0.1) is 10.2 Å². The van der Waals surface area contributed by atoms with Gasteiger partial charge in [0.15, 0.2) is 0 Å². The van der Waals surface area contributed by atoms with Gasteiger partial charge in [-0.05, 0) is 48.5 Å². The Balaban J connectivity index is 0.000000280. The van der Waals surface area contributed by atoms with Gasteiger partial charge in [0.1, 0.15) is 11.4 Å². The first-order chi connectivity index (χ1) is 19.4. The van der Waals surface area contributed by atoms with Crippen molar-refractivity contribution in [1.82, 2.24) is 29.7 Å². The molecule has 0 aliphatic rings. The van der Waals surface area contributed by atoms with Crippen molar-refractivity contribution in [2.24, 2.45) is 20.4 Å². The first kappa shape index (κ1) is 33.0. The molecule has 210 valence electrons. The summed E-state index contributed by atoms with van der Waals surface area (Å²) in [6, 6.07) is 22.4. The standard InChI is InChI=1S/2C14H15N5S.Fe/c2*1-19(2)14(20)18-17-13(11-7-3-5-9-15-11)12-8-4-6-10-16-12;/h2*3-10H,1-2H3,(H,18,20);/q;;+2/p-2. The van der Waals surface area contributed by atoms with E-state index in [0.29, 0.717) is 44.5 Å². The fourth-order valence-electron chi connectivity index (χ4n) is 2.84. The summed E-state index contributed by atoms with van der Waals surface area (Å²) >= 11 is 10.2. The van der Waals surface area contributed by atoms with Crippen LogP contribution in [0.3, 0.4) is 0 Å². The first-order valence-electron chi connectivity index (χ1n) is 12.0. The SMILES string of the molecule is CN(C)/C([S-])=N/N=C(c1ccccn1)c1ccccn1.CN(C)/C([S-])=N/N=C(c1ccccn1)c1ccccn1.[Fe+2]. The monoisotopic (exact) mass is 624 g/mol. The molecule has 0 aliphatic carbocycles. The average Bonchev–Trinajstić information content (AvgIpc) is 2.99. The van der Waals surface area contributed by atoms with Crippen LogP contribution < -0.4 is 0 Å². The zero-order valence-corrected chi connectivity index (χ0v) is 25.6. The van der Waals surface area contributed by atoms with Crippen LogP contribution in [0.5, 0.6) is 0 Å². The summed E-state index contributed by atoms with van der Waals surface area (Å²) in [6.45, 7) is 0. The summed E-state index contributed by atoms with van der Waals surface area (Å²) < 4.78 is 0. The number of hydrogen-bond acceptors (Lipinski definition) is 10. The summed E-state index contributed by atoms with van der Waals surface area (Å²) in [4.78, 5) is 20.6. The summed E-state index contributed by atoms with van der Waals surface area (Å²) in [7, 11) is 7.29. The van der Waals surface area contributed by atoms with E-state index < -0.39 is 0 Å². The van der Waals surface area contributed by atoms with Crippen molar-refractivity contribution < 1.29 is 17.1 Å². The number of pyridine rings is 4. The van der Waals surface area contributed by atoms with Crippen LogP contribution in [-0.4, -0.2) is 79.7 Å². The molecular formula is C28H28FeN10S2. The molecular weight excluding hydrogens is 596 g/mol. The van der Waals surface area contributed by atoms with Gasteiger partial charge in [-0.25, -0.2) is 0 Å². The maximum atomic E-state index is 5.11. The smallest absolute Gasteiger partial charge is 0.741 e. The van der Waals surface area contributed by atoms with Crippen molar-refractivity contribution in [2.75, 3.05) is 28.2 Å². The molecule has 10 nitrogen and oxygen atoms in total. The Hall–Kier alpha value is -4.16. The van der Waals surface area contributed by atoms with Crippen LogP contribution in [0.1, 0.15) is 22.8 Å². The van der Waals surface area contributed by atoms with Crippen molar-refractivity contribution in [2.45, 2.75) is 0 Å². The van der Waals surface area contributed by atoms with Crippen LogP contribution in [0, 0.1) is 0 Å². The van der Waals surface area contributed by atoms with Crippen LogP contribution in [-0.2, 0) is 42.3 Å². The summed E-state index contributed by atoms with van der Waals surface area (Å²) in [5.41, 5.74) is 4.01. The first-order valence-corrected chi connectivity index (χ1v) is 12.8. The number of aromatic nitrogens is 4. The second-order valence-electron chi connectivity index (χ2n) is 8.31. The van der Waals surface area contributed by atoms with Gasteiger partial charge in [-0.3, -0.25) is 19.9 Å². The second kappa shape index (κ2) is 17.5. The minimum absolute atomic E-state index is 0. The maximum absolute atomic E-state index is 5.11. The van der Waals surface area contributed by atoms with E-state index in [2.05, 4.69) is 40.3 Å². The molecule has 0 N–H and O–H groups in total. The maximum Gasteiger partial charge on any atom is 2.00 e. The van der Waals surface area contributed by atoms with Crippen molar-refractivity contribution in [3.63, 3.8) is 0 Å². The Kier molecular flexibility index (Phi) is 14.1. The Morgan fingerprint density at radius 1 is 0.488 bits per heavy atom. The third-order valence-electron chi connectivity index (χ3n) is 4.87. The van der Waals surface area contributed by atoms with Crippen molar-refractivity contribution >= 4 is 47.0 Å². The van der Waals surface area contributed by atoms with Gasteiger partial charge in [0, 0.05) is 63.3 Å². The van der Waals surface area contributed by atoms with Crippen LogP contribution in [0.2, 0.25) is 0 Å². The van der Waals surface area contributed by atoms with E-state index >= 15 is 0 Å². The zero-order valence-electron chi connectivity index (χ0n) is 22.9. The molecule has 4 heterocycles. The van der Waals surface area contributed by atoms with Crippen molar-refractivity contribution in [3.8, 4) is 0 Å². The molecule has 0 amide bonds. The third-order valence-corrected chi connectivity index (χ3v) is 5.76. The van der Waals surface area contributed by atoms with Gasteiger partial charge in [0.05, 0.1) is 22.8 Å². The molecule has 0 saturated heterocycles. The molecule has 0 bridgehead atoms. The van der Waals surface area contributed by atoms with Crippen molar-refractivity contribution in [3.05, 3.63) is 120 Å². The molecule has 4 rings (SSSR count). The van der Waals surface area contributed by atoms with Gasteiger partial charge in [0.25, 0.3) is 0 Å². The van der Waals surface area contributed by atoms with E-state index in [9.17, 15) is 0 Å². The summed E-state index contributed by atoms with van der Waals surface area (Å²) in [6.07, 6.45) is 6.83. The van der Waals surface area contributed by atoms with Crippen LogP contribution in [0.15, 0.2) is 118 Å². The molecule has 4 aromatic heterocycles. The third kappa shape index (κ3) is 10.7.